The lowest BCUT2D eigenvalue weighted by Gasteiger charge is -2.36. The second kappa shape index (κ2) is 4.86. The number of aryl methyl sites for hydroxylation is 1. The third-order valence-electron chi connectivity index (χ3n) is 3.49. The van der Waals surface area contributed by atoms with Crippen LogP contribution in [-0.4, -0.2) is 35.7 Å². The summed E-state index contributed by atoms with van der Waals surface area (Å²) in [7, 11) is 2.12. The summed E-state index contributed by atoms with van der Waals surface area (Å²) in [6.07, 6.45) is 3.75. The van der Waals surface area contributed by atoms with Crippen LogP contribution in [0.25, 0.3) is 0 Å². The summed E-state index contributed by atoms with van der Waals surface area (Å²) in [5, 5.41) is 10.5. The average Bonchev–Trinajstić information content (AvgIpc) is 2.70. The minimum absolute atomic E-state index is 0.456. The number of nitrogens with zero attached hydrogens (tertiary/aromatic N) is 1. The highest BCUT2D eigenvalue weighted by Crippen LogP contribution is 2.29. The molecule has 0 saturated carbocycles. The Morgan fingerprint density at radius 2 is 1.94 bits per heavy atom. The number of likely N-dealkylation sites (tertiary alicyclic amines) is 1. The number of aliphatic hydroxyl groups is 1. The van der Waals surface area contributed by atoms with E-state index in [4.69, 9.17) is 0 Å². The molecule has 1 aromatic rings. The van der Waals surface area contributed by atoms with Gasteiger partial charge in [0.25, 0.3) is 0 Å². The minimum Gasteiger partial charge on any atom is -0.389 e. The quantitative estimate of drug-likeness (QED) is 0.875. The van der Waals surface area contributed by atoms with Crippen LogP contribution >= 0.6 is 11.3 Å². The standard InChI is InChI=1S/C13H21NOS/c1-3-11-4-5-12(16-11)10-13(15)6-8-14(2)9-7-13/h4-5,15H,3,6-10H2,1-2H3. The summed E-state index contributed by atoms with van der Waals surface area (Å²) in [6, 6.07) is 4.37. The highest BCUT2D eigenvalue weighted by atomic mass is 32.1. The number of hydrogen-bond donors (Lipinski definition) is 1. The fourth-order valence-corrected chi connectivity index (χ4v) is 3.34. The second-order valence-electron chi connectivity index (χ2n) is 4.93. The maximum atomic E-state index is 10.5. The number of piperidine rings is 1. The summed E-state index contributed by atoms with van der Waals surface area (Å²) in [5.41, 5.74) is -0.456. The summed E-state index contributed by atoms with van der Waals surface area (Å²) in [4.78, 5) is 5.05. The molecule has 0 bridgehead atoms. The van der Waals surface area contributed by atoms with E-state index in [0.29, 0.717) is 0 Å². The van der Waals surface area contributed by atoms with E-state index >= 15 is 0 Å². The maximum Gasteiger partial charge on any atom is 0.0720 e. The van der Waals surface area contributed by atoms with E-state index in [0.717, 1.165) is 38.8 Å². The molecule has 0 unspecified atom stereocenters. The Morgan fingerprint density at radius 3 is 2.50 bits per heavy atom. The highest BCUT2D eigenvalue weighted by Gasteiger charge is 2.31. The van der Waals surface area contributed by atoms with Gasteiger partial charge in [-0.2, -0.15) is 0 Å². The first-order chi connectivity index (χ1) is 7.61. The first-order valence-corrected chi connectivity index (χ1v) is 6.91. The van der Waals surface area contributed by atoms with Crippen LogP contribution in [0.15, 0.2) is 12.1 Å². The molecule has 1 aliphatic rings. The molecule has 0 amide bonds. The second-order valence-corrected chi connectivity index (χ2v) is 6.18. The number of hydrogen-bond acceptors (Lipinski definition) is 3. The monoisotopic (exact) mass is 239 g/mol. The largest absolute Gasteiger partial charge is 0.389 e. The Morgan fingerprint density at radius 1 is 1.31 bits per heavy atom. The molecule has 1 N–H and O–H groups in total. The van der Waals surface area contributed by atoms with Crippen molar-refractivity contribution >= 4 is 11.3 Å². The Bertz CT molecular complexity index is 339. The molecule has 0 radical (unpaired) electrons. The van der Waals surface area contributed by atoms with E-state index < -0.39 is 5.60 Å². The zero-order valence-corrected chi connectivity index (χ0v) is 11.0. The third-order valence-corrected chi connectivity index (χ3v) is 4.72. The Kier molecular flexibility index (Phi) is 3.67. The van der Waals surface area contributed by atoms with Crippen LogP contribution in [0.1, 0.15) is 29.5 Å². The molecule has 16 heavy (non-hydrogen) atoms. The molecule has 90 valence electrons. The van der Waals surface area contributed by atoms with Crippen LogP contribution in [0.2, 0.25) is 0 Å². The number of thiophene rings is 1. The molecule has 1 aliphatic heterocycles. The van der Waals surface area contributed by atoms with Gasteiger partial charge in [0.1, 0.15) is 0 Å². The van der Waals surface area contributed by atoms with Gasteiger partial charge in [-0.25, -0.2) is 0 Å². The maximum absolute atomic E-state index is 10.5. The zero-order chi connectivity index (χ0) is 11.6. The molecule has 2 rings (SSSR count). The van der Waals surface area contributed by atoms with E-state index in [1.54, 1.807) is 0 Å². The van der Waals surface area contributed by atoms with Crippen LogP contribution in [0.3, 0.4) is 0 Å². The molecule has 1 fully saturated rings. The minimum atomic E-state index is -0.456. The zero-order valence-electron chi connectivity index (χ0n) is 10.2. The smallest absolute Gasteiger partial charge is 0.0720 e. The van der Waals surface area contributed by atoms with Crippen molar-refractivity contribution in [1.82, 2.24) is 4.90 Å². The molecule has 0 aliphatic carbocycles. The molecule has 3 heteroatoms. The molecular formula is C13H21NOS. The molecular weight excluding hydrogens is 218 g/mol. The van der Waals surface area contributed by atoms with Crippen molar-refractivity contribution in [1.29, 1.82) is 0 Å². The Hall–Kier alpha value is -0.380. The normalized spacial score (nSPS) is 21.2. The highest BCUT2D eigenvalue weighted by molar-refractivity contribution is 7.12. The van der Waals surface area contributed by atoms with Gasteiger partial charge in [-0.1, -0.05) is 6.92 Å². The van der Waals surface area contributed by atoms with Crippen molar-refractivity contribution in [3.63, 3.8) is 0 Å². The van der Waals surface area contributed by atoms with Crippen molar-refractivity contribution in [3.8, 4) is 0 Å². The van der Waals surface area contributed by atoms with Gasteiger partial charge in [0.15, 0.2) is 0 Å². The summed E-state index contributed by atoms with van der Waals surface area (Å²) in [6.45, 7) is 4.21. The molecule has 0 spiro atoms. The lowest BCUT2D eigenvalue weighted by Crippen LogP contribution is -2.44. The molecule has 2 heterocycles. The topological polar surface area (TPSA) is 23.5 Å². The SMILES string of the molecule is CCc1ccc(CC2(O)CCN(C)CC2)s1. The van der Waals surface area contributed by atoms with Gasteiger partial charge in [0.05, 0.1) is 5.60 Å². The fraction of sp³-hybridized carbons (Fsp3) is 0.692. The van der Waals surface area contributed by atoms with Gasteiger partial charge in [-0.15, -0.1) is 11.3 Å². The van der Waals surface area contributed by atoms with Crippen LogP contribution in [0, 0.1) is 0 Å². The number of rotatable bonds is 3. The van der Waals surface area contributed by atoms with E-state index in [2.05, 4.69) is 31.0 Å². The van der Waals surface area contributed by atoms with Crippen LogP contribution in [0.4, 0.5) is 0 Å². The Balaban J connectivity index is 1.97. The van der Waals surface area contributed by atoms with Gasteiger partial charge < -0.3 is 10.0 Å². The summed E-state index contributed by atoms with van der Waals surface area (Å²) in [5.74, 6) is 0. The van der Waals surface area contributed by atoms with E-state index in [-0.39, 0.29) is 0 Å². The van der Waals surface area contributed by atoms with Gasteiger partial charge in [-0.3, -0.25) is 0 Å². The summed E-state index contributed by atoms with van der Waals surface area (Å²) >= 11 is 1.85. The predicted molar refractivity (Wildman–Crippen MR) is 69.1 cm³/mol. The molecule has 1 saturated heterocycles. The Labute approximate surface area is 102 Å². The van der Waals surface area contributed by atoms with Gasteiger partial charge >= 0.3 is 0 Å². The predicted octanol–water partition coefficient (Wildman–Crippen LogP) is 2.31. The first kappa shape index (κ1) is 12.1. The molecule has 0 atom stereocenters. The van der Waals surface area contributed by atoms with E-state index in [9.17, 15) is 5.11 Å². The summed E-state index contributed by atoms with van der Waals surface area (Å²) < 4.78 is 0. The van der Waals surface area contributed by atoms with Crippen molar-refractivity contribution in [2.75, 3.05) is 20.1 Å². The van der Waals surface area contributed by atoms with E-state index in [1.807, 2.05) is 11.3 Å². The van der Waals surface area contributed by atoms with Gasteiger partial charge in [-0.05, 0) is 38.4 Å². The van der Waals surface area contributed by atoms with Crippen LogP contribution in [0.5, 0.6) is 0 Å². The first-order valence-electron chi connectivity index (χ1n) is 6.10. The average molecular weight is 239 g/mol. The lowest BCUT2D eigenvalue weighted by atomic mass is 9.88. The molecule has 1 aromatic heterocycles. The van der Waals surface area contributed by atoms with Gasteiger partial charge in [0.2, 0.25) is 0 Å². The third kappa shape index (κ3) is 2.84. The molecule has 2 nitrogen and oxygen atoms in total. The van der Waals surface area contributed by atoms with Gasteiger partial charge in [0, 0.05) is 29.3 Å². The fourth-order valence-electron chi connectivity index (χ4n) is 2.24. The van der Waals surface area contributed by atoms with Crippen LogP contribution < -0.4 is 0 Å². The van der Waals surface area contributed by atoms with Crippen molar-refractivity contribution < 1.29 is 5.11 Å². The molecule has 0 aromatic carbocycles. The van der Waals surface area contributed by atoms with E-state index in [1.165, 1.54) is 9.75 Å². The van der Waals surface area contributed by atoms with Crippen LogP contribution in [-0.2, 0) is 12.8 Å². The van der Waals surface area contributed by atoms with Crippen molar-refractivity contribution in [2.24, 2.45) is 0 Å². The van der Waals surface area contributed by atoms with Crippen molar-refractivity contribution in [2.45, 2.75) is 38.2 Å². The lowest BCUT2D eigenvalue weighted by molar-refractivity contribution is -0.0144. The van der Waals surface area contributed by atoms with Crippen molar-refractivity contribution in [3.05, 3.63) is 21.9 Å².